The maximum atomic E-state index is 11.4. The van der Waals surface area contributed by atoms with Crippen LogP contribution in [0.1, 0.15) is 35.2 Å². The van der Waals surface area contributed by atoms with Crippen LogP contribution in [0.2, 0.25) is 0 Å². The lowest BCUT2D eigenvalue weighted by Gasteiger charge is -2.23. The smallest absolute Gasteiger partial charge is 0.397 e. The van der Waals surface area contributed by atoms with E-state index in [-0.39, 0.29) is 17.2 Å². The number of nitrogens with two attached hydrogens (primary N) is 2. The summed E-state index contributed by atoms with van der Waals surface area (Å²) in [6, 6.07) is 0. The Morgan fingerprint density at radius 2 is 2.12 bits per heavy atom. The summed E-state index contributed by atoms with van der Waals surface area (Å²) in [5, 5.41) is 1.70. The van der Waals surface area contributed by atoms with Gasteiger partial charge in [0.05, 0.1) is 5.69 Å². The number of primary amides is 1. The number of hydrogen-bond acceptors (Lipinski definition) is 8. The third-order valence-corrected chi connectivity index (χ3v) is 5.29. The van der Waals surface area contributed by atoms with Crippen molar-refractivity contribution in [2.75, 3.05) is 12.3 Å². The monoisotopic (exact) mass is 377 g/mol. The summed E-state index contributed by atoms with van der Waals surface area (Å²) in [5.74, 6) is -1.45. The van der Waals surface area contributed by atoms with Gasteiger partial charge < -0.3 is 25.7 Å². The molecule has 3 rings (SSSR count). The van der Waals surface area contributed by atoms with Gasteiger partial charge in [-0.1, -0.05) is 0 Å². The van der Waals surface area contributed by atoms with Gasteiger partial charge in [-0.25, -0.2) is 0 Å². The summed E-state index contributed by atoms with van der Waals surface area (Å²) in [4.78, 5) is 20.5. The van der Waals surface area contributed by atoms with Crippen LogP contribution >= 0.6 is 19.6 Å². The maximum Gasteiger partial charge on any atom is 0.694 e. The molecular weight excluding hydrogens is 359 g/mol. The molecule has 5 atom stereocenters. The fourth-order valence-electron chi connectivity index (χ4n) is 3.00. The Kier molecular flexibility index (Phi) is 4.65. The van der Waals surface area contributed by atoms with E-state index < -0.39 is 44.4 Å². The average Bonchev–Trinajstić information content (AvgIpc) is 3.07. The molecule has 9 nitrogen and oxygen atoms in total. The topological polar surface area (TPSA) is 143 Å². The van der Waals surface area contributed by atoms with Crippen LogP contribution in [0.5, 0.6) is 0 Å². The number of rotatable bonds is 5. The zero-order valence-electron chi connectivity index (χ0n) is 13.0. The molecular formula is C13H18N2O7PS+. The highest BCUT2D eigenvalue weighted by molar-refractivity contribution is 7.32. The Morgan fingerprint density at radius 1 is 1.46 bits per heavy atom. The summed E-state index contributed by atoms with van der Waals surface area (Å²) in [5.41, 5.74) is 12.2. The molecule has 5 unspecified atom stereocenters. The third kappa shape index (κ3) is 3.18. The van der Waals surface area contributed by atoms with Gasteiger partial charge in [-0.05, 0) is 19.2 Å². The first-order valence-corrected chi connectivity index (χ1v) is 9.17. The highest BCUT2D eigenvalue weighted by Gasteiger charge is 2.56. The molecule has 1 aromatic rings. The van der Waals surface area contributed by atoms with E-state index in [2.05, 4.69) is 0 Å². The third-order valence-electron chi connectivity index (χ3n) is 3.89. The van der Waals surface area contributed by atoms with E-state index in [1.54, 1.807) is 19.2 Å². The largest absolute Gasteiger partial charge is 0.694 e. The van der Waals surface area contributed by atoms with Crippen LogP contribution in [0, 0.1) is 0 Å². The van der Waals surface area contributed by atoms with Crippen LogP contribution in [0.4, 0.5) is 5.69 Å². The number of carbonyl (C=O) groups is 1. The molecule has 0 saturated carbocycles. The zero-order valence-corrected chi connectivity index (χ0v) is 14.7. The molecule has 1 aromatic heterocycles. The summed E-state index contributed by atoms with van der Waals surface area (Å²) < 4.78 is 33.2. The average molecular weight is 377 g/mol. The van der Waals surface area contributed by atoms with E-state index in [0.717, 1.165) is 11.3 Å². The predicted octanol–water partition coefficient (Wildman–Crippen LogP) is 1.06. The van der Waals surface area contributed by atoms with Crippen LogP contribution in [0.3, 0.4) is 0 Å². The second-order valence-electron chi connectivity index (χ2n) is 5.99. The van der Waals surface area contributed by atoms with E-state index in [4.69, 9.17) is 35.1 Å². The number of amides is 1. The van der Waals surface area contributed by atoms with Crippen LogP contribution in [-0.4, -0.2) is 41.5 Å². The molecule has 1 amide bonds. The van der Waals surface area contributed by atoms with Crippen molar-refractivity contribution in [2.45, 2.75) is 44.1 Å². The van der Waals surface area contributed by atoms with Crippen molar-refractivity contribution >= 4 is 31.2 Å². The fourth-order valence-corrected chi connectivity index (χ4v) is 4.14. The Labute approximate surface area is 142 Å². The summed E-state index contributed by atoms with van der Waals surface area (Å²) in [6.07, 6.45) is -2.17. The van der Waals surface area contributed by atoms with Gasteiger partial charge in [0.15, 0.2) is 5.79 Å². The molecule has 5 N–H and O–H groups in total. The Hall–Kier alpha value is -1.13. The molecule has 2 aliphatic heterocycles. The molecule has 132 valence electrons. The standard InChI is InChI=1S/C13H17N2O7PS/c1-13(2)21-9-6(3-19-23(17)18)20-8(10(9)22-13)5-4-24-11(7(5)14)12(15)16/h4,6,8-10H,3H2,1-2H3,(H4-,14,15,16,17,18)/p+1. The van der Waals surface area contributed by atoms with Crippen molar-refractivity contribution in [3.8, 4) is 0 Å². The first kappa shape index (κ1) is 17.7. The number of ether oxygens (including phenoxy) is 3. The van der Waals surface area contributed by atoms with Gasteiger partial charge in [0.2, 0.25) is 0 Å². The maximum absolute atomic E-state index is 11.4. The molecule has 0 aliphatic carbocycles. The second kappa shape index (κ2) is 6.30. The number of anilines is 1. The lowest BCUT2D eigenvalue weighted by atomic mass is 10.0. The summed E-state index contributed by atoms with van der Waals surface area (Å²) in [6.45, 7) is 3.40. The quantitative estimate of drug-likeness (QED) is 0.646. The van der Waals surface area contributed by atoms with Crippen molar-refractivity contribution in [1.29, 1.82) is 0 Å². The highest BCUT2D eigenvalue weighted by Crippen LogP contribution is 2.48. The first-order chi connectivity index (χ1) is 11.2. The van der Waals surface area contributed by atoms with Gasteiger partial charge in [-0.2, -0.15) is 0 Å². The molecule has 3 heterocycles. The lowest BCUT2D eigenvalue weighted by molar-refractivity contribution is -0.190. The van der Waals surface area contributed by atoms with Gasteiger partial charge in [-0.3, -0.25) is 4.79 Å². The number of carbonyl (C=O) groups excluding carboxylic acids is 1. The molecule has 0 spiro atoms. The van der Waals surface area contributed by atoms with Gasteiger partial charge in [0.1, 0.15) is 35.9 Å². The molecule has 2 saturated heterocycles. The van der Waals surface area contributed by atoms with Crippen molar-refractivity contribution in [3.05, 3.63) is 15.8 Å². The van der Waals surface area contributed by atoms with Crippen LogP contribution in [0.25, 0.3) is 0 Å². The minimum atomic E-state index is -2.75. The number of hydrogen-bond donors (Lipinski definition) is 3. The summed E-state index contributed by atoms with van der Waals surface area (Å²) >= 11 is 1.13. The first-order valence-electron chi connectivity index (χ1n) is 7.16. The number of nitrogen functional groups attached to an aromatic ring is 1. The predicted molar refractivity (Wildman–Crippen MR) is 84.5 cm³/mol. The highest BCUT2D eigenvalue weighted by atomic mass is 32.1. The number of thiophene rings is 1. The van der Waals surface area contributed by atoms with E-state index in [9.17, 15) is 9.36 Å². The van der Waals surface area contributed by atoms with Crippen LogP contribution < -0.4 is 11.5 Å². The van der Waals surface area contributed by atoms with E-state index in [1.807, 2.05) is 0 Å². The normalized spacial score (nSPS) is 31.9. The molecule has 24 heavy (non-hydrogen) atoms. The minimum Gasteiger partial charge on any atom is -0.397 e. The Morgan fingerprint density at radius 3 is 2.71 bits per heavy atom. The van der Waals surface area contributed by atoms with Gasteiger partial charge >= 0.3 is 8.25 Å². The SMILES string of the molecule is CC1(C)OC2C(CO[P+](=O)O)OC(c3csc(C(N)=O)c3N)C2O1. The molecule has 0 radical (unpaired) electrons. The van der Waals surface area contributed by atoms with Crippen molar-refractivity contribution in [1.82, 2.24) is 0 Å². The van der Waals surface area contributed by atoms with Crippen molar-refractivity contribution in [2.24, 2.45) is 5.73 Å². The Bertz CT molecular complexity index is 679. The van der Waals surface area contributed by atoms with E-state index in [1.165, 1.54) is 0 Å². The fraction of sp³-hybridized carbons (Fsp3) is 0.615. The molecule has 0 bridgehead atoms. The number of fused-ring (bicyclic) bond motifs is 1. The molecule has 11 heteroatoms. The molecule has 2 fully saturated rings. The van der Waals surface area contributed by atoms with Gasteiger partial charge in [-0.15, -0.1) is 20.8 Å². The summed E-state index contributed by atoms with van der Waals surface area (Å²) in [7, 11) is -2.75. The minimum absolute atomic E-state index is 0.129. The van der Waals surface area contributed by atoms with E-state index in [0.29, 0.717) is 5.56 Å². The molecule has 2 aliphatic rings. The Balaban J connectivity index is 1.88. The van der Waals surface area contributed by atoms with Crippen LogP contribution in [-0.2, 0) is 23.3 Å². The molecule has 0 aromatic carbocycles. The zero-order chi connectivity index (χ0) is 17.6. The van der Waals surface area contributed by atoms with Gasteiger partial charge in [0.25, 0.3) is 5.91 Å². The van der Waals surface area contributed by atoms with E-state index >= 15 is 0 Å². The van der Waals surface area contributed by atoms with Gasteiger partial charge in [0, 0.05) is 10.1 Å². The second-order valence-corrected chi connectivity index (χ2v) is 7.61. The lowest BCUT2D eigenvalue weighted by Crippen LogP contribution is -2.32. The van der Waals surface area contributed by atoms with Crippen LogP contribution in [0.15, 0.2) is 5.38 Å². The van der Waals surface area contributed by atoms with Crippen molar-refractivity contribution in [3.63, 3.8) is 0 Å². The van der Waals surface area contributed by atoms with Crippen molar-refractivity contribution < 1.29 is 33.0 Å².